The van der Waals surface area contributed by atoms with Gasteiger partial charge >= 0.3 is 0 Å². The largest absolute Gasteiger partial charge is 0.475 e. The quantitative estimate of drug-likeness (QED) is 0.383. The average molecular weight is 338 g/mol. The second-order valence-electron chi connectivity index (χ2n) is 5.82. The van der Waals surface area contributed by atoms with Crippen LogP contribution in [0.5, 0.6) is 5.88 Å². The zero-order valence-corrected chi connectivity index (χ0v) is 15.4. The van der Waals surface area contributed by atoms with Gasteiger partial charge in [-0.1, -0.05) is 6.07 Å². The van der Waals surface area contributed by atoms with Crippen molar-refractivity contribution >= 4 is 5.96 Å². The first-order valence-corrected chi connectivity index (χ1v) is 8.15. The van der Waals surface area contributed by atoms with E-state index in [0.29, 0.717) is 32.2 Å². The van der Waals surface area contributed by atoms with E-state index in [1.54, 1.807) is 20.4 Å². The lowest BCUT2D eigenvalue weighted by atomic mass is 10.1. The highest BCUT2D eigenvalue weighted by Gasteiger charge is 2.16. The first-order chi connectivity index (χ1) is 11.5. The number of rotatable bonds is 10. The standard InChI is InChI=1S/C17H30N4O3/c1-6-18-16(21-13-17(2,3)23-5)20-12-14-8-7-9-19-15(14)24-11-10-22-4/h7-9H,6,10-13H2,1-5H3,(H2,18,20,21). The van der Waals surface area contributed by atoms with Crippen molar-refractivity contribution in [2.75, 3.05) is 40.5 Å². The number of ether oxygens (including phenoxy) is 3. The summed E-state index contributed by atoms with van der Waals surface area (Å²) in [5.41, 5.74) is 0.663. The highest BCUT2D eigenvalue weighted by Crippen LogP contribution is 2.15. The lowest BCUT2D eigenvalue weighted by molar-refractivity contribution is 0.0268. The van der Waals surface area contributed by atoms with Gasteiger partial charge in [-0.15, -0.1) is 0 Å². The first kappa shape index (κ1) is 20.2. The van der Waals surface area contributed by atoms with E-state index in [4.69, 9.17) is 14.2 Å². The van der Waals surface area contributed by atoms with Crippen molar-refractivity contribution in [3.05, 3.63) is 23.9 Å². The molecule has 136 valence electrons. The van der Waals surface area contributed by atoms with Gasteiger partial charge in [-0.25, -0.2) is 9.98 Å². The topological polar surface area (TPSA) is 77.0 Å². The molecule has 24 heavy (non-hydrogen) atoms. The van der Waals surface area contributed by atoms with Crippen LogP contribution in [0.3, 0.4) is 0 Å². The van der Waals surface area contributed by atoms with Crippen molar-refractivity contribution in [1.82, 2.24) is 15.6 Å². The second-order valence-corrected chi connectivity index (χ2v) is 5.82. The number of aromatic nitrogens is 1. The Balaban J connectivity index is 2.71. The van der Waals surface area contributed by atoms with Crippen LogP contribution in [0.25, 0.3) is 0 Å². The summed E-state index contributed by atoms with van der Waals surface area (Å²) in [6.07, 6.45) is 1.71. The minimum absolute atomic E-state index is 0.265. The molecular weight excluding hydrogens is 308 g/mol. The van der Waals surface area contributed by atoms with Gasteiger partial charge in [-0.05, 0) is 26.8 Å². The third kappa shape index (κ3) is 7.61. The van der Waals surface area contributed by atoms with Crippen LogP contribution >= 0.6 is 0 Å². The molecule has 0 aliphatic rings. The maximum Gasteiger partial charge on any atom is 0.218 e. The minimum Gasteiger partial charge on any atom is -0.475 e. The van der Waals surface area contributed by atoms with Gasteiger partial charge in [-0.2, -0.15) is 0 Å². The van der Waals surface area contributed by atoms with E-state index in [1.807, 2.05) is 32.9 Å². The number of nitrogens with zero attached hydrogens (tertiary/aromatic N) is 2. The Bertz CT molecular complexity index is 506. The van der Waals surface area contributed by atoms with Crippen molar-refractivity contribution in [2.45, 2.75) is 32.9 Å². The van der Waals surface area contributed by atoms with Gasteiger partial charge in [0.15, 0.2) is 5.96 Å². The van der Waals surface area contributed by atoms with Crippen molar-refractivity contribution in [3.8, 4) is 5.88 Å². The van der Waals surface area contributed by atoms with Crippen LogP contribution in [-0.2, 0) is 16.0 Å². The number of hydrogen-bond donors (Lipinski definition) is 2. The van der Waals surface area contributed by atoms with Crippen LogP contribution < -0.4 is 15.4 Å². The Hall–Kier alpha value is -1.86. The number of guanidine groups is 1. The Morgan fingerprint density at radius 1 is 1.25 bits per heavy atom. The summed E-state index contributed by atoms with van der Waals surface area (Å²) in [6, 6.07) is 3.84. The monoisotopic (exact) mass is 338 g/mol. The number of nitrogens with one attached hydrogen (secondary N) is 2. The van der Waals surface area contributed by atoms with Crippen LogP contribution in [0.2, 0.25) is 0 Å². The molecule has 0 unspecified atom stereocenters. The second kappa shape index (κ2) is 10.8. The summed E-state index contributed by atoms with van der Waals surface area (Å²) >= 11 is 0. The Morgan fingerprint density at radius 3 is 2.71 bits per heavy atom. The molecule has 0 fully saturated rings. The van der Waals surface area contributed by atoms with E-state index in [9.17, 15) is 0 Å². The Kier molecular flexibility index (Phi) is 9.11. The molecule has 0 spiro atoms. The predicted molar refractivity (Wildman–Crippen MR) is 95.5 cm³/mol. The molecule has 0 saturated heterocycles. The molecule has 0 aliphatic heterocycles. The molecule has 0 aliphatic carbocycles. The van der Waals surface area contributed by atoms with Crippen LogP contribution in [0.15, 0.2) is 23.3 Å². The predicted octanol–water partition coefficient (Wildman–Crippen LogP) is 1.59. The summed E-state index contributed by atoms with van der Waals surface area (Å²) in [4.78, 5) is 8.86. The molecule has 0 amide bonds. The Labute approximate surface area is 144 Å². The molecule has 0 bridgehead atoms. The fraction of sp³-hybridized carbons (Fsp3) is 0.647. The van der Waals surface area contributed by atoms with Gasteiger partial charge in [0.2, 0.25) is 5.88 Å². The molecule has 1 rings (SSSR count). The highest BCUT2D eigenvalue weighted by atomic mass is 16.5. The third-order valence-electron chi connectivity index (χ3n) is 3.36. The van der Waals surface area contributed by atoms with Crippen LogP contribution in [-0.4, -0.2) is 57.1 Å². The summed E-state index contributed by atoms with van der Waals surface area (Å²) in [5.74, 6) is 1.32. The summed E-state index contributed by atoms with van der Waals surface area (Å²) in [5, 5.41) is 6.51. The van der Waals surface area contributed by atoms with E-state index in [-0.39, 0.29) is 5.60 Å². The van der Waals surface area contributed by atoms with Gasteiger partial charge in [0, 0.05) is 39.1 Å². The zero-order chi connectivity index (χ0) is 17.8. The molecule has 0 saturated carbocycles. The molecule has 7 nitrogen and oxygen atoms in total. The molecular formula is C17H30N4O3. The zero-order valence-electron chi connectivity index (χ0n) is 15.4. The van der Waals surface area contributed by atoms with Crippen LogP contribution in [0.1, 0.15) is 26.3 Å². The van der Waals surface area contributed by atoms with Crippen LogP contribution in [0, 0.1) is 0 Å². The summed E-state index contributed by atoms with van der Waals surface area (Å²) < 4.78 is 16.0. The molecule has 0 radical (unpaired) electrons. The van der Waals surface area contributed by atoms with Gasteiger partial charge in [-0.3, -0.25) is 0 Å². The van der Waals surface area contributed by atoms with Crippen molar-refractivity contribution in [1.29, 1.82) is 0 Å². The van der Waals surface area contributed by atoms with Gasteiger partial charge in [0.05, 0.1) is 18.8 Å². The van der Waals surface area contributed by atoms with Crippen LogP contribution in [0.4, 0.5) is 0 Å². The van der Waals surface area contributed by atoms with E-state index in [2.05, 4.69) is 20.6 Å². The fourth-order valence-electron chi connectivity index (χ4n) is 1.77. The normalized spacial score (nSPS) is 12.1. The third-order valence-corrected chi connectivity index (χ3v) is 3.36. The van der Waals surface area contributed by atoms with Crippen molar-refractivity contribution in [3.63, 3.8) is 0 Å². The maximum absolute atomic E-state index is 5.64. The molecule has 2 N–H and O–H groups in total. The van der Waals surface area contributed by atoms with Gasteiger partial charge < -0.3 is 24.8 Å². The molecule has 0 atom stereocenters. The minimum atomic E-state index is -0.265. The lowest BCUT2D eigenvalue weighted by Gasteiger charge is -2.24. The fourth-order valence-corrected chi connectivity index (χ4v) is 1.77. The number of pyridine rings is 1. The number of methoxy groups -OCH3 is 2. The van der Waals surface area contributed by atoms with Crippen molar-refractivity contribution < 1.29 is 14.2 Å². The number of hydrogen-bond acceptors (Lipinski definition) is 5. The average Bonchev–Trinajstić information content (AvgIpc) is 2.58. The van der Waals surface area contributed by atoms with E-state index in [1.165, 1.54) is 0 Å². The highest BCUT2D eigenvalue weighted by molar-refractivity contribution is 5.79. The maximum atomic E-state index is 5.64. The summed E-state index contributed by atoms with van der Waals surface area (Å²) in [7, 11) is 3.34. The molecule has 7 heteroatoms. The van der Waals surface area contributed by atoms with Gasteiger partial charge in [0.1, 0.15) is 6.61 Å². The van der Waals surface area contributed by atoms with E-state index < -0.39 is 0 Å². The SMILES string of the molecule is CCNC(=NCc1cccnc1OCCOC)NCC(C)(C)OC. The van der Waals surface area contributed by atoms with E-state index >= 15 is 0 Å². The molecule has 1 heterocycles. The first-order valence-electron chi connectivity index (χ1n) is 8.15. The number of aliphatic imine (C=N–C) groups is 1. The molecule has 0 aromatic carbocycles. The van der Waals surface area contributed by atoms with Crippen molar-refractivity contribution in [2.24, 2.45) is 4.99 Å². The smallest absolute Gasteiger partial charge is 0.218 e. The molecule has 1 aromatic heterocycles. The van der Waals surface area contributed by atoms with Gasteiger partial charge in [0.25, 0.3) is 0 Å². The molecule has 1 aromatic rings. The Morgan fingerprint density at radius 2 is 2.04 bits per heavy atom. The summed E-state index contributed by atoms with van der Waals surface area (Å²) in [6.45, 7) is 8.96. The lowest BCUT2D eigenvalue weighted by Crippen LogP contribution is -2.45. The van der Waals surface area contributed by atoms with E-state index in [0.717, 1.165) is 18.1 Å².